The largest absolute Gasteiger partial charge is 0.481 e. The van der Waals surface area contributed by atoms with Crippen LogP contribution >= 0.6 is 0 Å². The van der Waals surface area contributed by atoms with Gasteiger partial charge < -0.3 is 14.6 Å². The molecule has 1 saturated heterocycles. The molecule has 0 saturated carbocycles. The van der Waals surface area contributed by atoms with E-state index in [1.165, 1.54) is 0 Å². The maximum absolute atomic E-state index is 10.7. The van der Waals surface area contributed by atoms with Gasteiger partial charge in [-0.25, -0.2) is 0 Å². The Balaban J connectivity index is 2.34. The van der Waals surface area contributed by atoms with E-state index in [9.17, 15) is 4.79 Å². The first-order valence-electron chi connectivity index (χ1n) is 5.82. The molecule has 92 valence electrons. The smallest absolute Gasteiger partial charge is 0.305 e. The predicted molar refractivity (Wildman–Crippen MR) is 60.1 cm³/mol. The third kappa shape index (κ3) is 5.28. The Labute approximate surface area is 96.2 Å². The van der Waals surface area contributed by atoms with Crippen LogP contribution in [0.2, 0.25) is 0 Å². The van der Waals surface area contributed by atoms with Gasteiger partial charge in [0.1, 0.15) is 0 Å². The number of allylic oxidation sites excluding steroid dienone is 1. The third-order valence-corrected chi connectivity index (χ3v) is 2.58. The number of rotatable bonds is 7. The second kappa shape index (κ2) is 7.41. The number of hydrogen-bond donors (Lipinski definition) is 1. The minimum Gasteiger partial charge on any atom is -0.481 e. The lowest BCUT2D eigenvalue weighted by molar-refractivity contribution is -0.192. The fourth-order valence-corrected chi connectivity index (χ4v) is 1.75. The SMILES string of the molecule is C=CCCC(CC(=O)O)O[C@@H]1CCCCO1. The van der Waals surface area contributed by atoms with Crippen molar-refractivity contribution in [2.24, 2.45) is 0 Å². The van der Waals surface area contributed by atoms with E-state index in [0.717, 1.165) is 25.7 Å². The highest BCUT2D eigenvalue weighted by molar-refractivity contribution is 5.67. The number of carboxylic acid groups (broad SMARTS) is 1. The third-order valence-electron chi connectivity index (χ3n) is 2.58. The van der Waals surface area contributed by atoms with E-state index in [-0.39, 0.29) is 18.8 Å². The average Bonchev–Trinajstić information content (AvgIpc) is 2.26. The molecule has 0 amide bonds. The molecule has 16 heavy (non-hydrogen) atoms. The highest BCUT2D eigenvalue weighted by Gasteiger charge is 2.21. The lowest BCUT2D eigenvalue weighted by Crippen LogP contribution is -2.29. The van der Waals surface area contributed by atoms with Gasteiger partial charge in [0.05, 0.1) is 12.5 Å². The second-order valence-corrected chi connectivity index (χ2v) is 4.02. The maximum atomic E-state index is 10.7. The molecular weight excluding hydrogens is 208 g/mol. The maximum Gasteiger partial charge on any atom is 0.305 e. The van der Waals surface area contributed by atoms with Gasteiger partial charge in [-0.15, -0.1) is 6.58 Å². The van der Waals surface area contributed by atoms with Gasteiger partial charge in [-0.1, -0.05) is 6.08 Å². The number of carbonyl (C=O) groups is 1. The van der Waals surface area contributed by atoms with Gasteiger partial charge in [0.2, 0.25) is 0 Å². The van der Waals surface area contributed by atoms with Crippen molar-refractivity contribution in [3.05, 3.63) is 12.7 Å². The van der Waals surface area contributed by atoms with Crippen molar-refractivity contribution in [2.75, 3.05) is 6.61 Å². The summed E-state index contributed by atoms with van der Waals surface area (Å²) in [5.74, 6) is -0.829. The molecule has 2 atom stereocenters. The molecule has 1 N–H and O–H groups in total. The molecule has 0 radical (unpaired) electrons. The van der Waals surface area contributed by atoms with Crippen molar-refractivity contribution < 1.29 is 19.4 Å². The predicted octanol–water partition coefficient (Wildman–Crippen LogP) is 2.34. The van der Waals surface area contributed by atoms with Crippen LogP contribution in [0, 0.1) is 0 Å². The van der Waals surface area contributed by atoms with Gasteiger partial charge in [-0.3, -0.25) is 4.79 Å². The van der Waals surface area contributed by atoms with Crippen LogP contribution < -0.4 is 0 Å². The van der Waals surface area contributed by atoms with Crippen LogP contribution in [-0.2, 0) is 14.3 Å². The standard InChI is InChI=1S/C12H20O4/c1-2-3-6-10(9-11(13)14)16-12-7-4-5-8-15-12/h2,10,12H,1,3-9H2,(H,13,14)/t10?,12-/m1/s1. The summed E-state index contributed by atoms with van der Waals surface area (Å²) >= 11 is 0. The lowest BCUT2D eigenvalue weighted by atomic mass is 10.1. The first-order chi connectivity index (χ1) is 7.72. The summed E-state index contributed by atoms with van der Waals surface area (Å²) in [7, 11) is 0. The van der Waals surface area contributed by atoms with Crippen molar-refractivity contribution in [3.63, 3.8) is 0 Å². The second-order valence-electron chi connectivity index (χ2n) is 4.02. The Bertz CT molecular complexity index is 221. The molecule has 1 fully saturated rings. The first kappa shape index (κ1) is 13.2. The average molecular weight is 228 g/mol. The van der Waals surface area contributed by atoms with Crippen LogP contribution in [0.1, 0.15) is 38.5 Å². The summed E-state index contributed by atoms with van der Waals surface area (Å²) in [4.78, 5) is 10.7. The van der Waals surface area contributed by atoms with E-state index in [0.29, 0.717) is 13.0 Å². The molecule has 0 aromatic carbocycles. The zero-order valence-electron chi connectivity index (χ0n) is 9.56. The van der Waals surface area contributed by atoms with Crippen LogP contribution in [-0.4, -0.2) is 30.1 Å². The Hall–Kier alpha value is -0.870. The van der Waals surface area contributed by atoms with E-state index >= 15 is 0 Å². The van der Waals surface area contributed by atoms with E-state index in [2.05, 4.69) is 6.58 Å². The molecule has 4 heteroatoms. The zero-order chi connectivity index (χ0) is 11.8. The molecule has 1 unspecified atom stereocenters. The number of aliphatic carboxylic acids is 1. The summed E-state index contributed by atoms with van der Waals surface area (Å²) in [6, 6.07) is 0. The van der Waals surface area contributed by atoms with E-state index in [4.69, 9.17) is 14.6 Å². The first-order valence-corrected chi connectivity index (χ1v) is 5.82. The number of hydrogen-bond acceptors (Lipinski definition) is 3. The summed E-state index contributed by atoms with van der Waals surface area (Å²) in [6.45, 7) is 4.34. The quantitative estimate of drug-likeness (QED) is 0.679. The molecule has 4 nitrogen and oxygen atoms in total. The van der Waals surface area contributed by atoms with Crippen molar-refractivity contribution in [3.8, 4) is 0 Å². The zero-order valence-corrected chi connectivity index (χ0v) is 9.56. The van der Waals surface area contributed by atoms with Gasteiger partial charge in [-0.2, -0.15) is 0 Å². The molecule has 0 aromatic heterocycles. The molecule has 1 aliphatic heterocycles. The Morgan fingerprint density at radius 1 is 1.62 bits per heavy atom. The molecule has 1 heterocycles. The van der Waals surface area contributed by atoms with Crippen LogP contribution in [0.25, 0.3) is 0 Å². The van der Waals surface area contributed by atoms with Crippen molar-refractivity contribution in [1.82, 2.24) is 0 Å². The normalized spacial score (nSPS) is 22.6. The van der Waals surface area contributed by atoms with Crippen LogP contribution in [0.15, 0.2) is 12.7 Å². The van der Waals surface area contributed by atoms with Crippen LogP contribution in [0.5, 0.6) is 0 Å². The van der Waals surface area contributed by atoms with Crippen LogP contribution in [0.4, 0.5) is 0 Å². The molecule has 0 aromatic rings. The van der Waals surface area contributed by atoms with E-state index < -0.39 is 5.97 Å². The number of carboxylic acids is 1. The fraction of sp³-hybridized carbons (Fsp3) is 0.750. The minimum absolute atomic E-state index is 0.0354. The fourth-order valence-electron chi connectivity index (χ4n) is 1.75. The van der Waals surface area contributed by atoms with E-state index in [1.54, 1.807) is 6.08 Å². The molecule has 0 spiro atoms. The van der Waals surface area contributed by atoms with Crippen molar-refractivity contribution >= 4 is 5.97 Å². The summed E-state index contributed by atoms with van der Waals surface area (Å²) in [5.41, 5.74) is 0. The van der Waals surface area contributed by atoms with Gasteiger partial charge in [0.15, 0.2) is 6.29 Å². The minimum atomic E-state index is -0.829. The van der Waals surface area contributed by atoms with Gasteiger partial charge in [-0.05, 0) is 32.1 Å². The Morgan fingerprint density at radius 3 is 3.00 bits per heavy atom. The van der Waals surface area contributed by atoms with Crippen molar-refractivity contribution in [2.45, 2.75) is 50.9 Å². The molecule has 0 bridgehead atoms. The summed E-state index contributed by atoms with van der Waals surface area (Å²) in [5, 5.41) is 8.77. The highest BCUT2D eigenvalue weighted by atomic mass is 16.7. The number of ether oxygens (including phenoxy) is 2. The molecule has 1 aliphatic rings. The Kier molecular flexibility index (Phi) is 6.11. The topological polar surface area (TPSA) is 55.8 Å². The summed E-state index contributed by atoms with van der Waals surface area (Å²) < 4.78 is 11.1. The lowest BCUT2D eigenvalue weighted by Gasteiger charge is -2.27. The highest BCUT2D eigenvalue weighted by Crippen LogP contribution is 2.18. The van der Waals surface area contributed by atoms with Crippen molar-refractivity contribution in [1.29, 1.82) is 0 Å². The Morgan fingerprint density at radius 2 is 2.44 bits per heavy atom. The van der Waals surface area contributed by atoms with Gasteiger partial charge in [0, 0.05) is 6.61 Å². The molecular formula is C12H20O4. The monoisotopic (exact) mass is 228 g/mol. The van der Waals surface area contributed by atoms with Crippen LogP contribution in [0.3, 0.4) is 0 Å². The molecule has 1 rings (SSSR count). The van der Waals surface area contributed by atoms with E-state index in [1.807, 2.05) is 0 Å². The summed E-state index contributed by atoms with van der Waals surface area (Å²) in [6.07, 6.45) is 5.81. The molecule has 0 aliphatic carbocycles. The van der Waals surface area contributed by atoms with Gasteiger partial charge >= 0.3 is 5.97 Å². The van der Waals surface area contributed by atoms with Gasteiger partial charge in [0.25, 0.3) is 0 Å².